The third-order valence-electron chi connectivity index (χ3n) is 3.36. The van der Waals surface area contributed by atoms with Gasteiger partial charge in [-0.25, -0.2) is 0 Å². The Morgan fingerprint density at radius 2 is 2.25 bits per heavy atom. The summed E-state index contributed by atoms with van der Waals surface area (Å²) in [6, 6.07) is 7.76. The number of nitrogens with one attached hydrogen (secondary N) is 2. The van der Waals surface area contributed by atoms with Gasteiger partial charge in [-0.1, -0.05) is 35.0 Å². The predicted octanol–water partition coefficient (Wildman–Crippen LogP) is 1.78. The smallest absolute Gasteiger partial charge is 0.257 e. The van der Waals surface area contributed by atoms with E-state index in [0.29, 0.717) is 25.5 Å². The maximum atomic E-state index is 12.4. The van der Waals surface area contributed by atoms with Gasteiger partial charge in [0.1, 0.15) is 5.54 Å². The van der Waals surface area contributed by atoms with Gasteiger partial charge in [-0.2, -0.15) is 0 Å². The molecule has 0 saturated carbocycles. The molecule has 1 heterocycles. The Balaban J connectivity index is 2.27. The lowest BCUT2D eigenvalue weighted by Gasteiger charge is -2.25. The van der Waals surface area contributed by atoms with Crippen molar-refractivity contribution in [2.45, 2.75) is 18.9 Å². The summed E-state index contributed by atoms with van der Waals surface area (Å²) in [7, 11) is 1.62. The molecule has 1 unspecified atom stereocenters. The molecule has 2 rings (SSSR count). The van der Waals surface area contributed by atoms with E-state index in [2.05, 4.69) is 31.6 Å². The molecular weight excluding hydrogens is 322 g/mol. The molecule has 1 aliphatic rings. The second kappa shape index (κ2) is 6.37. The monoisotopic (exact) mass is 339 g/mol. The van der Waals surface area contributed by atoms with Crippen LogP contribution in [-0.4, -0.2) is 32.1 Å². The molecule has 0 aromatic heterocycles. The molecule has 6 heteroatoms. The zero-order valence-corrected chi connectivity index (χ0v) is 13.2. The Hall–Kier alpha value is -1.40. The summed E-state index contributed by atoms with van der Waals surface area (Å²) in [5.41, 5.74) is 0.166. The average Bonchev–Trinajstić information content (AvgIpc) is 2.76. The van der Waals surface area contributed by atoms with Gasteiger partial charge in [0.15, 0.2) is 5.96 Å². The minimum Gasteiger partial charge on any atom is -0.383 e. The van der Waals surface area contributed by atoms with Gasteiger partial charge in [0.05, 0.1) is 13.2 Å². The number of aliphatic imine (C=N–C) groups is 1. The number of carbonyl (C=O) groups excluding carboxylic acids is 1. The van der Waals surface area contributed by atoms with E-state index in [1.54, 1.807) is 7.11 Å². The molecule has 1 aromatic carbocycles. The maximum absolute atomic E-state index is 12.4. The lowest BCUT2D eigenvalue weighted by Crippen LogP contribution is -2.43. The fraction of sp³-hybridized carbons (Fsp3) is 0.429. The number of hydrogen-bond acceptors (Lipinski definition) is 3. The summed E-state index contributed by atoms with van der Waals surface area (Å²) in [6.07, 6.45) is 0.637. The molecule has 1 atom stereocenters. The van der Waals surface area contributed by atoms with Crippen LogP contribution in [0, 0.1) is 0 Å². The number of guanidine groups is 1. The SMILES string of the molecule is CCC1(c2cccc(Br)c2)NC(=NCCOC)NC1=O. The van der Waals surface area contributed by atoms with Crippen LogP contribution in [0.25, 0.3) is 0 Å². The van der Waals surface area contributed by atoms with E-state index < -0.39 is 5.54 Å². The highest BCUT2D eigenvalue weighted by Gasteiger charge is 2.45. The molecule has 1 aliphatic heterocycles. The van der Waals surface area contributed by atoms with E-state index in [0.717, 1.165) is 10.0 Å². The van der Waals surface area contributed by atoms with Gasteiger partial charge in [0, 0.05) is 11.6 Å². The van der Waals surface area contributed by atoms with Crippen molar-refractivity contribution in [2.75, 3.05) is 20.3 Å². The van der Waals surface area contributed by atoms with Crippen molar-refractivity contribution in [3.8, 4) is 0 Å². The van der Waals surface area contributed by atoms with Crippen molar-refractivity contribution in [3.63, 3.8) is 0 Å². The Bertz CT molecular complexity index is 533. The number of carbonyl (C=O) groups is 1. The van der Waals surface area contributed by atoms with Crippen molar-refractivity contribution < 1.29 is 9.53 Å². The highest BCUT2D eigenvalue weighted by atomic mass is 79.9. The molecule has 108 valence electrons. The van der Waals surface area contributed by atoms with Crippen LogP contribution in [0.2, 0.25) is 0 Å². The highest BCUT2D eigenvalue weighted by Crippen LogP contribution is 2.30. The second-order valence-corrected chi connectivity index (χ2v) is 5.49. The van der Waals surface area contributed by atoms with Crippen LogP contribution in [0.1, 0.15) is 18.9 Å². The van der Waals surface area contributed by atoms with E-state index in [1.807, 2.05) is 31.2 Å². The van der Waals surface area contributed by atoms with E-state index in [-0.39, 0.29) is 5.91 Å². The molecular formula is C14H18BrN3O2. The molecule has 5 nitrogen and oxygen atoms in total. The normalized spacial score (nSPS) is 23.8. The molecule has 1 fully saturated rings. The van der Waals surface area contributed by atoms with E-state index in [1.165, 1.54) is 0 Å². The molecule has 2 N–H and O–H groups in total. The molecule has 0 aliphatic carbocycles. The largest absolute Gasteiger partial charge is 0.383 e. The second-order valence-electron chi connectivity index (χ2n) is 4.57. The Kier molecular flexibility index (Phi) is 4.77. The minimum absolute atomic E-state index is 0.0748. The summed E-state index contributed by atoms with van der Waals surface area (Å²) in [6.45, 7) is 3.01. The van der Waals surface area contributed by atoms with Gasteiger partial charge < -0.3 is 10.1 Å². The predicted molar refractivity (Wildman–Crippen MR) is 81.6 cm³/mol. The number of rotatable bonds is 5. The first kappa shape index (κ1) is 15.0. The summed E-state index contributed by atoms with van der Waals surface area (Å²) in [5, 5.41) is 6.02. The lowest BCUT2D eigenvalue weighted by atomic mass is 9.87. The average molecular weight is 340 g/mol. The Morgan fingerprint density at radius 1 is 1.45 bits per heavy atom. The zero-order chi connectivity index (χ0) is 14.6. The molecule has 0 spiro atoms. The van der Waals surface area contributed by atoms with Crippen LogP contribution in [0.5, 0.6) is 0 Å². The van der Waals surface area contributed by atoms with Gasteiger partial charge in [-0.05, 0) is 24.1 Å². The van der Waals surface area contributed by atoms with Gasteiger partial charge in [-0.15, -0.1) is 0 Å². The summed E-state index contributed by atoms with van der Waals surface area (Å²) in [5.74, 6) is 0.433. The van der Waals surface area contributed by atoms with Gasteiger partial charge in [0.25, 0.3) is 5.91 Å². The molecule has 1 amide bonds. The van der Waals surface area contributed by atoms with Crippen LogP contribution < -0.4 is 10.6 Å². The van der Waals surface area contributed by atoms with Crippen molar-refractivity contribution in [1.82, 2.24) is 10.6 Å². The number of methoxy groups -OCH3 is 1. The van der Waals surface area contributed by atoms with Crippen LogP contribution in [0.3, 0.4) is 0 Å². The standard InChI is InChI=1S/C14H18BrN3O2/c1-3-14(10-5-4-6-11(15)9-10)12(19)17-13(18-14)16-7-8-20-2/h4-6,9H,3,7-8H2,1-2H3,(H2,16,17,18,19). The molecule has 0 radical (unpaired) electrons. The third kappa shape index (κ3) is 2.86. The number of benzene rings is 1. The molecule has 1 aromatic rings. The minimum atomic E-state index is -0.754. The van der Waals surface area contributed by atoms with E-state index >= 15 is 0 Å². The van der Waals surface area contributed by atoms with Crippen molar-refractivity contribution >= 4 is 27.8 Å². The quantitative estimate of drug-likeness (QED) is 0.803. The molecule has 0 bridgehead atoms. The van der Waals surface area contributed by atoms with Crippen molar-refractivity contribution in [2.24, 2.45) is 4.99 Å². The fourth-order valence-corrected chi connectivity index (χ4v) is 2.64. The first-order chi connectivity index (χ1) is 9.62. The van der Waals surface area contributed by atoms with Crippen LogP contribution in [0.4, 0.5) is 0 Å². The van der Waals surface area contributed by atoms with Gasteiger partial charge in [0.2, 0.25) is 0 Å². The van der Waals surface area contributed by atoms with E-state index in [4.69, 9.17) is 4.74 Å². The number of nitrogens with zero attached hydrogens (tertiary/aromatic N) is 1. The highest BCUT2D eigenvalue weighted by molar-refractivity contribution is 9.10. The van der Waals surface area contributed by atoms with Crippen molar-refractivity contribution in [1.29, 1.82) is 0 Å². The fourth-order valence-electron chi connectivity index (χ4n) is 2.24. The first-order valence-corrected chi connectivity index (χ1v) is 7.30. The summed E-state index contributed by atoms with van der Waals surface area (Å²) < 4.78 is 5.90. The van der Waals surface area contributed by atoms with Gasteiger partial charge in [-0.3, -0.25) is 15.1 Å². The molecule has 20 heavy (non-hydrogen) atoms. The Labute approximate surface area is 126 Å². The lowest BCUT2D eigenvalue weighted by molar-refractivity contribution is -0.124. The third-order valence-corrected chi connectivity index (χ3v) is 3.86. The zero-order valence-electron chi connectivity index (χ0n) is 11.6. The summed E-state index contributed by atoms with van der Waals surface area (Å²) >= 11 is 3.44. The maximum Gasteiger partial charge on any atom is 0.257 e. The topological polar surface area (TPSA) is 62.7 Å². The van der Waals surface area contributed by atoms with E-state index in [9.17, 15) is 4.79 Å². The number of halogens is 1. The van der Waals surface area contributed by atoms with Crippen LogP contribution >= 0.6 is 15.9 Å². The van der Waals surface area contributed by atoms with Crippen LogP contribution in [-0.2, 0) is 15.1 Å². The van der Waals surface area contributed by atoms with Crippen molar-refractivity contribution in [3.05, 3.63) is 34.3 Å². The first-order valence-electron chi connectivity index (χ1n) is 6.51. The number of amides is 1. The molecule has 1 saturated heterocycles. The number of hydrogen-bond donors (Lipinski definition) is 2. The number of ether oxygens (including phenoxy) is 1. The van der Waals surface area contributed by atoms with Gasteiger partial charge >= 0.3 is 0 Å². The summed E-state index contributed by atoms with van der Waals surface area (Å²) in [4.78, 5) is 16.7. The van der Waals surface area contributed by atoms with Crippen LogP contribution in [0.15, 0.2) is 33.7 Å². The Morgan fingerprint density at radius 3 is 2.90 bits per heavy atom.